The van der Waals surface area contributed by atoms with Gasteiger partial charge in [-0.3, -0.25) is 14.5 Å². The lowest BCUT2D eigenvalue weighted by molar-refractivity contribution is -0.142. The molecule has 190 valence electrons. The average molecular weight is 492 g/mol. The minimum Gasteiger partial charge on any atom is -0.497 e. The number of fused-ring (bicyclic) bond motifs is 1. The highest BCUT2D eigenvalue weighted by molar-refractivity contribution is 6.11. The smallest absolute Gasteiger partial charge is 0.326 e. The fourth-order valence-corrected chi connectivity index (χ4v) is 6.12. The van der Waals surface area contributed by atoms with Crippen LogP contribution in [0.4, 0.5) is 4.79 Å². The standard InChI is InChI=1S/C28H33N3O5/c1-35-22-13-9-20(10-14-22)28(21-11-15-23(36-2)16-12-21)26(33)31(27(34)29-28)18-25(32)30-17-5-7-19-6-3-4-8-24(19)30/h9-16,19,24H,3-8,17-18H2,1-2H3,(H,29,34)/t19-,24-/m0/s1. The van der Waals surface area contributed by atoms with Gasteiger partial charge in [0.2, 0.25) is 5.91 Å². The molecule has 0 radical (unpaired) electrons. The Morgan fingerprint density at radius 3 is 2.03 bits per heavy atom. The van der Waals surface area contributed by atoms with E-state index in [1.165, 1.54) is 6.42 Å². The minimum atomic E-state index is -1.45. The van der Waals surface area contributed by atoms with Gasteiger partial charge >= 0.3 is 6.03 Å². The Morgan fingerprint density at radius 2 is 1.44 bits per heavy atom. The summed E-state index contributed by atoms with van der Waals surface area (Å²) in [6.45, 7) is 0.424. The van der Waals surface area contributed by atoms with Crippen LogP contribution in [-0.4, -0.2) is 61.0 Å². The van der Waals surface area contributed by atoms with Crippen molar-refractivity contribution in [1.29, 1.82) is 0 Å². The third kappa shape index (κ3) is 4.08. The zero-order valence-corrected chi connectivity index (χ0v) is 20.9. The third-order valence-corrected chi connectivity index (χ3v) is 8.01. The highest BCUT2D eigenvalue weighted by Crippen LogP contribution is 2.39. The Balaban J connectivity index is 1.46. The normalized spacial score (nSPS) is 23.2. The number of rotatable bonds is 6. The van der Waals surface area contributed by atoms with Gasteiger partial charge in [-0.25, -0.2) is 4.79 Å². The summed E-state index contributed by atoms with van der Waals surface area (Å²) in [6.07, 6.45) is 6.59. The molecular formula is C28H33N3O5. The maximum atomic E-state index is 14.1. The van der Waals surface area contributed by atoms with Crippen LogP contribution in [0.3, 0.4) is 0 Å². The number of ether oxygens (including phenoxy) is 2. The summed E-state index contributed by atoms with van der Waals surface area (Å²) in [6, 6.07) is 13.7. The summed E-state index contributed by atoms with van der Waals surface area (Å²) >= 11 is 0. The minimum absolute atomic E-state index is 0.157. The van der Waals surface area contributed by atoms with E-state index in [9.17, 15) is 14.4 Å². The van der Waals surface area contributed by atoms with Gasteiger partial charge in [-0.15, -0.1) is 0 Å². The van der Waals surface area contributed by atoms with Crippen LogP contribution in [0.5, 0.6) is 11.5 Å². The van der Waals surface area contributed by atoms with Gasteiger partial charge in [0.15, 0.2) is 5.54 Å². The van der Waals surface area contributed by atoms with Gasteiger partial charge in [-0.2, -0.15) is 0 Å². The number of amides is 4. The van der Waals surface area contributed by atoms with Crippen LogP contribution in [0, 0.1) is 5.92 Å². The zero-order chi connectivity index (χ0) is 25.3. The highest BCUT2D eigenvalue weighted by atomic mass is 16.5. The molecular weight excluding hydrogens is 458 g/mol. The molecule has 2 aromatic rings. The van der Waals surface area contributed by atoms with Crippen molar-refractivity contribution in [3.05, 3.63) is 59.7 Å². The Bertz CT molecular complexity index is 1080. The van der Waals surface area contributed by atoms with Crippen molar-refractivity contribution in [3.8, 4) is 11.5 Å². The van der Waals surface area contributed by atoms with Gasteiger partial charge in [0.25, 0.3) is 5.91 Å². The number of nitrogens with one attached hydrogen (secondary N) is 1. The number of likely N-dealkylation sites (tertiary alicyclic amines) is 1. The number of imide groups is 1. The monoisotopic (exact) mass is 491 g/mol. The molecule has 1 aliphatic carbocycles. The number of urea groups is 1. The maximum absolute atomic E-state index is 14.1. The van der Waals surface area contributed by atoms with Gasteiger partial charge in [-0.05, 0) is 67.0 Å². The molecule has 8 nitrogen and oxygen atoms in total. The SMILES string of the molecule is COc1ccc(C2(c3ccc(OC)cc3)NC(=O)N(CC(=O)N3CCC[C@@H]4CCCC[C@@H]43)C2=O)cc1. The van der Waals surface area contributed by atoms with Crippen LogP contribution in [0.2, 0.25) is 0 Å². The molecule has 1 saturated carbocycles. The fourth-order valence-electron chi connectivity index (χ4n) is 6.12. The first kappa shape index (κ1) is 24.2. The quantitative estimate of drug-likeness (QED) is 0.623. The third-order valence-electron chi connectivity index (χ3n) is 8.01. The first-order chi connectivity index (χ1) is 17.5. The molecule has 2 aliphatic heterocycles. The Labute approximate surface area is 211 Å². The van der Waals surface area contributed by atoms with Crippen molar-refractivity contribution in [2.24, 2.45) is 5.92 Å². The van der Waals surface area contributed by atoms with E-state index >= 15 is 0 Å². The fraction of sp³-hybridized carbons (Fsp3) is 0.464. The summed E-state index contributed by atoms with van der Waals surface area (Å²) < 4.78 is 10.6. The number of piperidine rings is 1. The summed E-state index contributed by atoms with van der Waals surface area (Å²) in [5.74, 6) is 1.18. The second-order valence-electron chi connectivity index (χ2n) is 9.87. The lowest BCUT2D eigenvalue weighted by Gasteiger charge is -2.44. The number of benzene rings is 2. The predicted molar refractivity (Wildman–Crippen MR) is 134 cm³/mol. The van der Waals surface area contributed by atoms with E-state index in [2.05, 4.69) is 5.32 Å². The average Bonchev–Trinajstić information content (AvgIpc) is 3.18. The van der Waals surface area contributed by atoms with E-state index in [0.29, 0.717) is 35.1 Å². The lowest BCUT2D eigenvalue weighted by atomic mass is 9.78. The highest BCUT2D eigenvalue weighted by Gasteiger charge is 2.54. The molecule has 0 unspecified atom stereocenters. The van der Waals surface area contributed by atoms with E-state index in [1.54, 1.807) is 62.8 Å². The Hall–Kier alpha value is -3.55. The molecule has 0 aromatic heterocycles. The molecule has 0 bridgehead atoms. The molecule has 2 saturated heterocycles. The van der Waals surface area contributed by atoms with E-state index < -0.39 is 17.5 Å². The van der Waals surface area contributed by atoms with Crippen LogP contribution >= 0.6 is 0 Å². The second-order valence-corrected chi connectivity index (χ2v) is 9.87. The Kier molecular flexibility index (Phi) is 6.60. The molecule has 5 rings (SSSR count). The molecule has 2 heterocycles. The van der Waals surface area contributed by atoms with Crippen molar-refractivity contribution < 1.29 is 23.9 Å². The zero-order valence-electron chi connectivity index (χ0n) is 20.9. The van der Waals surface area contributed by atoms with Crippen molar-refractivity contribution in [3.63, 3.8) is 0 Å². The van der Waals surface area contributed by atoms with Gasteiger partial charge in [0, 0.05) is 12.6 Å². The van der Waals surface area contributed by atoms with Crippen molar-refractivity contribution in [2.45, 2.75) is 50.1 Å². The first-order valence-corrected chi connectivity index (χ1v) is 12.7. The summed E-state index contributed by atoms with van der Waals surface area (Å²) in [7, 11) is 3.14. The van der Waals surface area contributed by atoms with Gasteiger partial charge in [0.1, 0.15) is 18.0 Å². The number of methoxy groups -OCH3 is 2. The van der Waals surface area contributed by atoms with Crippen molar-refractivity contribution in [2.75, 3.05) is 27.3 Å². The molecule has 3 fully saturated rings. The molecule has 8 heteroatoms. The summed E-state index contributed by atoms with van der Waals surface area (Å²) in [5.41, 5.74) is -0.273. The molecule has 2 aromatic carbocycles. The first-order valence-electron chi connectivity index (χ1n) is 12.7. The molecule has 0 spiro atoms. The van der Waals surface area contributed by atoms with Crippen LogP contribution in [0.1, 0.15) is 49.7 Å². The molecule has 36 heavy (non-hydrogen) atoms. The Morgan fingerprint density at radius 1 is 0.889 bits per heavy atom. The summed E-state index contributed by atoms with van der Waals surface area (Å²) in [5, 5.41) is 2.92. The van der Waals surface area contributed by atoms with Crippen LogP contribution in [0.25, 0.3) is 0 Å². The number of nitrogens with zero attached hydrogens (tertiary/aromatic N) is 2. The van der Waals surface area contributed by atoms with Gasteiger partial charge < -0.3 is 19.7 Å². The molecule has 2 atom stereocenters. The van der Waals surface area contributed by atoms with Gasteiger partial charge in [0.05, 0.1) is 14.2 Å². The van der Waals surface area contributed by atoms with Crippen molar-refractivity contribution >= 4 is 17.8 Å². The van der Waals surface area contributed by atoms with E-state index in [4.69, 9.17) is 9.47 Å². The summed E-state index contributed by atoms with van der Waals surface area (Å²) in [4.78, 5) is 43.8. The van der Waals surface area contributed by atoms with Gasteiger partial charge in [-0.1, -0.05) is 37.1 Å². The van der Waals surface area contributed by atoms with E-state index in [0.717, 1.165) is 37.0 Å². The van der Waals surface area contributed by atoms with Crippen molar-refractivity contribution in [1.82, 2.24) is 15.1 Å². The molecule has 1 N–H and O–H groups in total. The largest absolute Gasteiger partial charge is 0.497 e. The number of hydrogen-bond acceptors (Lipinski definition) is 5. The van der Waals surface area contributed by atoms with Crippen LogP contribution in [-0.2, 0) is 15.1 Å². The predicted octanol–water partition coefficient (Wildman–Crippen LogP) is 3.68. The van der Waals surface area contributed by atoms with Crippen LogP contribution < -0.4 is 14.8 Å². The topological polar surface area (TPSA) is 88.2 Å². The van der Waals surface area contributed by atoms with E-state index in [1.807, 2.05) is 4.90 Å². The molecule has 4 amide bonds. The number of carbonyl (C=O) groups is 3. The molecule has 3 aliphatic rings. The second kappa shape index (κ2) is 9.84. The maximum Gasteiger partial charge on any atom is 0.326 e. The number of carbonyl (C=O) groups excluding carboxylic acids is 3. The van der Waals surface area contributed by atoms with E-state index in [-0.39, 0.29) is 18.5 Å². The lowest BCUT2D eigenvalue weighted by Crippen LogP contribution is -2.53. The number of hydrogen-bond donors (Lipinski definition) is 1. The van der Waals surface area contributed by atoms with Crippen LogP contribution in [0.15, 0.2) is 48.5 Å².